The molecule has 0 bridgehead atoms. The third-order valence-corrected chi connectivity index (χ3v) is 2.97. The summed E-state index contributed by atoms with van der Waals surface area (Å²) in [5.74, 6) is -0.662. The first-order valence-electron chi connectivity index (χ1n) is 6.75. The Hall–Kier alpha value is -2.90. The molecule has 2 N–H and O–H groups in total. The van der Waals surface area contributed by atoms with Crippen molar-refractivity contribution in [1.82, 2.24) is 25.6 Å². The second-order valence-electron chi connectivity index (χ2n) is 4.86. The molecular weight excluding hydrogens is 284 g/mol. The minimum absolute atomic E-state index is 0.196. The molecule has 2 amide bonds. The van der Waals surface area contributed by atoms with Crippen molar-refractivity contribution in [3.63, 3.8) is 0 Å². The van der Waals surface area contributed by atoms with Gasteiger partial charge >= 0.3 is 0 Å². The van der Waals surface area contributed by atoms with E-state index in [2.05, 4.69) is 20.9 Å². The third-order valence-electron chi connectivity index (χ3n) is 2.97. The van der Waals surface area contributed by atoms with Crippen LogP contribution in [0.4, 0.5) is 5.69 Å². The van der Waals surface area contributed by atoms with E-state index in [1.165, 1.54) is 12.7 Å². The Labute approximate surface area is 128 Å². The normalized spacial score (nSPS) is 10.1. The van der Waals surface area contributed by atoms with Gasteiger partial charge in [-0.15, -0.1) is 0 Å². The molecule has 0 fully saturated rings. The molecule has 0 unspecified atom stereocenters. The number of hydrogen-bond donors (Lipinski definition) is 2. The number of carbonyl (C=O) groups excluding carboxylic acids is 2. The quantitative estimate of drug-likeness (QED) is 0.770. The maximum absolute atomic E-state index is 12.0. The lowest BCUT2D eigenvalue weighted by Crippen LogP contribution is -2.41. The van der Waals surface area contributed by atoms with Gasteiger partial charge in [0.2, 0.25) is 5.91 Å². The summed E-state index contributed by atoms with van der Waals surface area (Å²) in [6.45, 7) is 0.401. The molecule has 0 aliphatic carbocycles. The first kappa shape index (κ1) is 15.5. The smallest absolute Gasteiger partial charge is 0.269 e. The number of hydrazine groups is 1. The molecule has 0 saturated carbocycles. The Morgan fingerprint density at radius 2 is 2.09 bits per heavy atom. The highest BCUT2D eigenvalue weighted by Gasteiger charge is 2.08. The molecule has 0 spiro atoms. The Kier molecular flexibility index (Phi) is 5.07. The summed E-state index contributed by atoms with van der Waals surface area (Å²) >= 11 is 0. The summed E-state index contributed by atoms with van der Waals surface area (Å²) < 4.78 is 1.54. The average Bonchev–Trinajstić information content (AvgIpc) is 3.04. The number of nitrogens with one attached hydrogen (secondary N) is 2. The maximum atomic E-state index is 12.0. The molecule has 0 atom stereocenters. The molecule has 116 valence electrons. The molecule has 2 aromatic rings. The summed E-state index contributed by atoms with van der Waals surface area (Å²) in [6.07, 6.45) is 3.12. The fourth-order valence-electron chi connectivity index (χ4n) is 1.75. The Morgan fingerprint density at radius 1 is 1.27 bits per heavy atom. The topological polar surface area (TPSA) is 92.2 Å². The van der Waals surface area contributed by atoms with Crippen molar-refractivity contribution in [3.05, 3.63) is 42.5 Å². The van der Waals surface area contributed by atoms with Gasteiger partial charge in [-0.05, 0) is 18.2 Å². The Balaban J connectivity index is 1.81. The van der Waals surface area contributed by atoms with E-state index >= 15 is 0 Å². The lowest BCUT2D eigenvalue weighted by molar-refractivity contribution is -0.122. The number of amides is 2. The van der Waals surface area contributed by atoms with Crippen molar-refractivity contribution in [2.75, 3.05) is 19.0 Å². The molecule has 2 rings (SSSR count). The van der Waals surface area contributed by atoms with Gasteiger partial charge in [-0.1, -0.05) is 6.07 Å². The van der Waals surface area contributed by atoms with E-state index in [0.717, 1.165) is 5.69 Å². The molecule has 0 aliphatic heterocycles. The fraction of sp³-hybridized carbons (Fsp3) is 0.286. The molecule has 1 aromatic carbocycles. The van der Waals surface area contributed by atoms with E-state index in [4.69, 9.17) is 0 Å². The van der Waals surface area contributed by atoms with Crippen LogP contribution in [-0.2, 0) is 11.3 Å². The van der Waals surface area contributed by atoms with Crippen LogP contribution < -0.4 is 15.8 Å². The predicted octanol–water partition coefficient (Wildman–Crippen LogP) is 0.195. The standard InChI is InChI=1S/C14H18N6O2/c1-19(2)12-5-3-4-11(8-12)14(22)18-17-13(21)6-7-20-10-15-9-16-20/h3-5,8-10H,6-7H2,1-2H3,(H,17,21)(H,18,22). The molecule has 1 aromatic heterocycles. The van der Waals surface area contributed by atoms with E-state index in [-0.39, 0.29) is 18.2 Å². The monoisotopic (exact) mass is 302 g/mol. The van der Waals surface area contributed by atoms with Crippen LogP contribution in [0.25, 0.3) is 0 Å². The van der Waals surface area contributed by atoms with Crippen molar-refractivity contribution in [2.24, 2.45) is 0 Å². The fourth-order valence-corrected chi connectivity index (χ4v) is 1.75. The molecule has 0 aliphatic rings. The third kappa shape index (κ3) is 4.30. The minimum Gasteiger partial charge on any atom is -0.378 e. The highest BCUT2D eigenvalue weighted by atomic mass is 16.2. The van der Waals surface area contributed by atoms with Crippen molar-refractivity contribution in [3.8, 4) is 0 Å². The number of aromatic nitrogens is 3. The van der Waals surface area contributed by atoms with E-state index in [0.29, 0.717) is 12.1 Å². The Bertz CT molecular complexity index is 639. The Morgan fingerprint density at radius 3 is 2.77 bits per heavy atom. The first-order valence-corrected chi connectivity index (χ1v) is 6.75. The number of hydrogen-bond acceptors (Lipinski definition) is 5. The zero-order chi connectivity index (χ0) is 15.9. The SMILES string of the molecule is CN(C)c1cccc(C(=O)NNC(=O)CCn2cncn2)c1. The highest BCUT2D eigenvalue weighted by Crippen LogP contribution is 2.12. The zero-order valence-electron chi connectivity index (χ0n) is 12.5. The number of aryl methyl sites for hydroxylation is 1. The molecule has 8 nitrogen and oxygen atoms in total. The molecule has 0 saturated heterocycles. The van der Waals surface area contributed by atoms with Crippen LogP contribution in [0.1, 0.15) is 16.8 Å². The highest BCUT2D eigenvalue weighted by molar-refractivity contribution is 5.96. The van der Waals surface area contributed by atoms with Crippen LogP contribution in [0.5, 0.6) is 0 Å². The summed E-state index contributed by atoms with van der Waals surface area (Å²) in [4.78, 5) is 29.3. The predicted molar refractivity (Wildman–Crippen MR) is 81.0 cm³/mol. The van der Waals surface area contributed by atoms with Gasteiger partial charge in [0, 0.05) is 31.8 Å². The zero-order valence-corrected chi connectivity index (χ0v) is 12.5. The van der Waals surface area contributed by atoms with Crippen molar-refractivity contribution in [1.29, 1.82) is 0 Å². The first-order chi connectivity index (χ1) is 10.6. The van der Waals surface area contributed by atoms with Crippen LogP contribution in [0.15, 0.2) is 36.9 Å². The largest absolute Gasteiger partial charge is 0.378 e. The van der Waals surface area contributed by atoms with Gasteiger partial charge in [0.25, 0.3) is 5.91 Å². The van der Waals surface area contributed by atoms with Gasteiger partial charge in [0.05, 0.1) is 6.54 Å². The number of anilines is 1. The van der Waals surface area contributed by atoms with Crippen molar-refractivity contribution >= 4 is 17.5 Å². The molecule has 22 heavy (non-hydrogen) atoms. The average molecular weight is 302 g/mol. The molecule has 8 heteroatoms. The summed E-state index contributed by atoms with van der Waals surface area (Å²) in [5, 5.41) is 3.89. The second-order valence-corrected chi connectivity index (χ2v) is 4.86. The van der Waals surface area contributed by atoms with Crippen LogP contribution in [-0.4, -0.2) is 40.7 Å². The van der Waals surface area contributed by atoms with Gasteiger partial charge in [-0.3, -0.25) is 25.1 Å². The minimum atomic E-state index is -0.363. The van der Waals surface area contributed by atoms with E-state index in [1.54, 1.807) is 22.9 Å². The van der Waals surface area contributed by atoms with Crippen LogP contribution >= 0.6 is 0 Å². The van der Waals surface area contributed by atoms with Gasteiger partial charge < -0.3 is 4.90 Å². The molecule has 1 heterocycles. The summed E-state index contributed by atoms with van der Waals surface area (Å²) in [5.41, 5.74) is 6.15. The summed E-state index contributed by atoms with van der Waals surface area (Å²) in [6, 6.07) is 7.12. The summed E-state index contributed by atoms with van der Waals surface area (Å²) in [7, 11) is 3.78. The number of rotatable bonds is 5. The maximum Gasteiger partial charge on any atom is 0.269 e. The van der Waals surface area contributed by atoms with Crippen molar-refractivity contribution < 1.29 is 9.59 Å². The van der Waals surface area contributed by atoms with Crippen LogP contribution in [0.2, 0.25) is 0 Å². The van der Waals surface area contributed by atoms with Gasteiger partial charge in [-0.25, -0.2) is 4.98 Å². The lowest BCUT2D eigenvalue weighted by atomic mass is 10.2. The lowest BCUT2D eigenvalue weighted by Gasteiger charge is -2.13. The number of nitrogens with zero attached hydrogens (tertiary/aromatic N) is 4. The van der Waals surface area contributed by atoms with Crippen molar-refractivity contribution in [2.45, 2.75) is 13.0 Å². The van der Waals surface area contributed by atoms with Gasteiger partial charge in [0.1, 0.15) is 12.7 Å². The van der Waals surface area contributed by atoms with Crippen LogP contribution in [0.3, 0.4) is 0 Å². The molecular formula is C14H18N6O2. The number of benzene rings is 1. The van der Waals surface area contributed by atoms with E-state index in [1.807, 2.05) is 25.1 Å². The second kappa shape index (κ2) is 7.21. The van der Waals surface area contributed by atoms with Crippen LogP contribution in [0, 0.1) is 0 Å². The van der Waals surface area contributed by atoms with Gasteiger partial charge in [0.15, 0.2) is 0 Å². The number of carbonyl (C=O) groups is 2. The van der Waals surface area contributed by atoms with E-state index in [9.17, 15) is 9.59 Å². The van der Waals surface area contributed by atoms with Gasteiger partial charge in [-0.2, -0.15) is 5.10 Å². The van der Waals surface area contributed by atoms with E-state index < -0.39 is 0 Å². The molecule has 0 radical (unpaired) electrons.